The van der Waals surface area contributed by atoms with Gasteiger partial charge in [-0.25, -0.2) is 10.3 Å². The minimum Gasteiger partial charge on any atom is -0.442 e. The maximum atomic E-state index is 11.3. The van der Waals surface area contributed by atoms with Crippen molar-refractivity contribution in [2.75, 3.05) is 26.2 Å². The second kappa shape index (κ2) is 7.75. The summed E-state index contributed by atoms with van der Waals surface area (Å²) in [4.78, 5) is 11.3. The van der Waals surface area contributed by atoms with E-state index in [2.05, 4.69) is 21.3 Å². The van der Waals surface area contributed by atoms with E-state index < -0.39 is 11.7 Å². The zero-order valence-electron chi connectivity index (χ0n) is 11.8. The largest absolute Gasteiger partial charge is 0.442 e. The lowest BCUT2D eigenvalue weighted by atomic mass is 10.2. The highest BCUT2D eigenvalue weighted by Gasteiger charge is 2.20. The fourth-order valence-corrected chi connectivity index (χ4v) is 1.31. The fourth-order valence-electron chi connectivity index (χ4n) is 1.31. The average Bonchev–Trinajstić information content (AvgIpc) is 2.40. The molecular weight excluding hydrogens is 246 g/mol. The van der Waals surface area contributed by atoms with Crippen molar-refractivity contribution in [1.29, 1.82) is 0 Å². The van der Waals surface area contributed by atoms with Crippen LogP contribution in [0.25, 0.3) is 0 Å². The van der Waals surface area contributed by atoms with Crippen LogP contribution in [-0.4, -0.2) is 49.1 Å². The van der Waals surface area contributed by atoms with Gasteiger partial charge < -0.3 is 15.4 Å². The molecule has 0 spiro atoms. The molecule has 2 aliphatic rings. The number of hydrazone groups is 1. The van der Waals surface area contributed by atoms with Crippen LogP contribution < -0.4 is 16.2 Å². The number of hydrogen-bond acceptors (Lipinski definition) is 6. The molecule has 0 radical (unpaired) electrons. The molecule has 2 heterocycles. The Morgan fingerprint density at radius 1 is 1.21 bits per heavy atom. The fraction of sp³-hybridized carbons (Fsp3) is 0.667. The first-order valence-electron chi connectivity index (χ1n) is 6.38. The number of nitrogens with one attached hydrogen (secondary N) is 3. The Hall–Kier alpha value is -1.60. The maximum absolute atomic E-state index is 11.3. The van der Waals surface area contributed by atoms with Crippen molar-refractivity contribution in [3.63, 3.8) is 0 Å². The summed E-state index contributed by atoms with van der Waals surface area (Å²) in [6.07, 6.45) is 4.25. The Morgan fingerprint density at radius 3 is 2.16 bits per heavy atom. The van der Waals surface area contributed by atoms with Crippen LogP contribution >= 0.6 is 0 Å². The lowest BCUT2D eigenvalue weighted by Crippen LogP contribution is -2.40. The molecule has 1 amide bonds. The molecule has 7 heteroatoms. The molecule has 0 aliphatic carbocycles. The predicted molar refractivity (Wildman–Crippen MR) is 74.6 cm³/mol. The standard InChI is InChI=1S/C8H13N3O2.C4H10N2/c1-8(2,3)13-7(12)11-6-4-5-9-10-11;1-2-6-4-3-5-1/h4-6,10H,1-3H3;5-6H,1-4H2. The minimum absolute atomic E-state index is 0.472. The molecule has 2 rings (SSSR count). The van der Waals surface area contributed by atoms with Crippen molar-refractivity contribution in [3.05, 3.63) is 12.3 Å². The Bertz CT molecular complexity index is 320. The third kappa shape index (κ3) is 7.43. The molecule has 0 aromatic heterocycles. The lowest BCUT2D eigenvalue weighted by molar-refractivity contribution is 0.0251. The highest BCUT2D eigenvalue weighted by Crippen LogP contribution is 2.09. The monoisotopic (exact) mass is 269 g/mol. The van der Waals surface area contributed by atoms with Crippen LogP contribution in [0.5, 0.6) is 0 Å². The number of piperazine rings is 1. The SMILES string of the molecule is C1CNCCN1.CC(C)(C)OC(=O)N1C=CC=NN1. The molecule has 1 saturated heterocycles. The van der Waals surface area contributed by atoms with Gasteiger partial charge in [0.25, 0.3) is 0 Å². The Morgan fingerprint density at radius 2 is 1.79 bits per heavy atom. The van der Waals surface area contributed by atoms with Gasteiger partial charge in [0.2, 0.25) is 0 Å². The number of rotatable bonds is 0. The van der Waals surface area contributed by atoms with Crippen molar-refractivity contribution in [1.82, 2.24) is 21.2 Å². The van der Waals surface area contributed by atoms with Gasteiger partial charge in [-0.1, -0.05) is 0 Å². The van der Waals surface area contributed by atoms with E-state index in [9.17, 15) is 4.79 Å². The van der Waals surface area contributed by atoms with Gasteiger partial charge in [-0.2, -0.15) is 10.1 Å². The van der Waals surface area contributed by atoms with E-state index in [1.807, 2.05) is 20.8 Å². The molecule has 0 saturated carbocycles. The van der Waals surface area contributed by atoms with Crippen molar-refractivity contribution >= 4 is 12.3 Å². The summed E-state index contributed by atoms with van der Waals surface area (Å²) in [6, 6.07) is 0. The van der Waals surface area contributed by atoms with Crippen LogP contribution in [0.4, 0.5) is 4.79 Å². The summed E-state index contributed by atoms with van der Waals surface area (Å²) in [5, 5.41) is 11.3. The maximum Gasteiger partial charge on any atom is 0.434 e. The first-order valence-corrected chi connectivity index (χ1v) is 6.38. The van der Waals surface area contributed by atoms with Crippen molar-refractivity contribution in [2.24, 2.45) is 5.10 Å². The topological polar surface area (TPSA) is 78.0 Å². The Labute approximate surface area is 114 Å². The van der Waals surface area contributed by atoms with Crippen molar-refractivity contribution in [3.8, 4) is 0 Å². The molecule has 0 bridgehead atoms. The van der Waals surface area contributed by atoms with Gasteiger partial charge >= 0.3 is 6.09 Å². The van der Waals surface area contributed by atoms with Crippen LogP contribution in [0, 0.1) is 0 Å². The second-order valence-electron chi connectivity index (χ2n) is 5.07. The first-order chi connectivity index (χ1) is 8.99. The summed E-state index contributed by atoms with van der Waals surface area (Å²) >= 11 is 0. The molecule has 0 unspecified atom stereocenters. The van der Waals surface area contributed by atoms with Gasteiger partial charge in [0.1, 0.15) is 5.60 Å². The third-order valence-electron chi connectivity index (χ3n) is 2.11. The molecule has 19 heavy (non-hydrogen) atoms. The lowest BCUT2D eigenvalue weighted by Gasteiger charge is -2.24. The molecule has 3 N–H and O–H groups in total. The normalized spacial score (nSPS) is 18.2. The number of ether oxygens (including phenoxy) is 1. The first kappa shape index (κ1) is 15.5. The molecule has 7 nitrogen and oxygen atoms in total. The second-order valence-corrected chi connectivity index (χ2v) is 5.07. The van der Waals surface area contributed by atoms with Gasteiger partial charge in [0, 0.05) is 32.4 Å². The zero-order chi connectivity index (χ0) is 14.1. The number of hydrogen-bond donors (Lipinski definition) is 3. The molecule has 0 aromatic rings. The van der Waals surface area contributed by atoms with Gasteiger partial charge in [-0.15, -0.1) is 0 Å². The highest BCUT2D eigenvalue weighted by molar-refractivity contribution is 5.75. The van der Waals surface area contributed by atoms with E-state index >= 15 is 0 Å². The molecular formula is C12H23N5O2. The summed E-state index contributed by atoms with van der Waals surface area (Å²) in [5.74, 6) is 0. The van der Waals surface area contributed by atoms with E-state index in [1.165, 1.54) is 5.01 Å². The van der Waals surface area contributed by atoms with Crippen LogP contribution in [0.3, 0.4) is 0 Å². The van der Waals surface area contributed by atoms with E-state index in [-0.39, 0.29) is 0 Å². The average molecular weight is 269 g/mol. The number of carbonyl (C=O) groups is 1. The summed E-state index contributed by atoms with van der Waals surface area (Å²) in [6.45, 7) is 9.98. The molecule has 108 valence electrons. The zero-order valence-corrected chi connectivity index (χ0v) is 11.8. The minimum atomic E-state index is -0.492. The summed E-state index contributed by atoms with van der Waals surface area (Å²) in [5.41, 5.74) is 1.99. The van der Waals surface area contributed by atoms with E-state index in [0.29, 0.717) is 0 Å². The van der Waals surface area contributed by atoms with Crippen molar-refractivity contribution < 1.29 is 9.53 Å². The molecule has 0 atom stereocenters. The molecule has 0 aromatic carbocycles. The van der Waals surface area contributed by atoms with Crippen LogP contribution in [0.15, 0.2) is 17.4 Å². The number of nitrogens with zero attached hydrogens (tertiary/aromatic N) is 2. The molecule has 1 fully saturated rings. The van der Waals surface area contributed by atoms with Gasteiger partial charge in [-0.05, 0) is 26.8 Å². The Balaban J connectivity index is 0.000000250. The smallest absolute Gasteiger partial charge is 0.434 e. The number of allylic oxidation sites excluding steroid dienone is 1. The number of hydrazine groups is 1. The quantitative estimate of drug-likeness (QED) is 0.594. The third-order valence-corrected chi connectivity index (χ3v) is 2.11. The Kier molecular flexibility index (Phi) is 6.31. The van der Waals surface area contributed by atoms with Gasteiger partial charge in [0.05, 0.1) is 6.21 Å². The highest BCUT2D eigenvalue weighted by atomic mass is 16.6. The number of carbonyl (C=O) groups excluding carboxylic acids is 1. The number of amides is 1. The van der Waals surface area contributed by atoms with Gasteiger partial charge in [0.15, 0.2) is 0 Å². The van der Waals surface area contributed by atoms with E-state index in [4.69, 9.17) is 4.74 Å². The van der Waals surface area contributed by atoms with E-state index in [1.54, 1.807) is 18.5 Å². The van der Waals surface area contributed by atoms with Gasteiger partial charge in [-0.3, -0.25) is 0 Å². The van der Waals surface area contributed by atoms with E-state index in [0.717, 1.165) is 26.2 Å². The molecule has 2 aliphatic heterocycles. The van der Waals surface area contributed by atoms with Crippen LogP contribution in [-0.2, 0) is 4.74 Å². The van der Waals surface area contributed by atoms with Crippen LogP contribution in [0.1, 0.15) is 20.8 Å². The predicted octanol–water partition coefficient (Wildman–Crippen LogP) is 0.420. The summed E-state index contributed by atoms with van der Waals surface area (Å²) < 4.78 is 5.08. The summed E-state index contributed by atoms with van der Waals surface area (Å²) in [7, 11) is 0. The van der Waals surface area contributed by atoms with Crippen molar-refractivity contribution in [2.45, 2.75) is 26.4 Å². The van der Waals surface area contributed by atoms with Crippen LogP contribution in [0.2, 0.25) is 0 Å².